The molecule has 20 heavy (non-hydrogen) atoms. The van der Waals surface area contributed by atoms with Gasteiger partial charge in [0.2, 0.25) is 0 Å². The highest BCUT2D eigenvalue weighted by Gasteiger charge is 2.11. The Bertz CT molecular complexity index is 586. The molecular formula is C16H17F2NO. The highest BCUT2D eigenvalue weighted by atomic mass is 19.1. The van der Waals surface area contributed by atoms with Gasteiger partial charge in [-0.15, -0.1) is 0 Å². The van der Waals surface area contributed by atoms with Gasteiger partial charge in [0.25, 0.3) is 0 Å². The normalized spacial score (nSPS) is 12.4. The molecule has 0 saturated heterocycles. The van der Waals surface area contributed by atoms with Crippen LogP contribution in [0.3, 0.4) is 0 Å². The van der Waals surface area contributed by atoms with E-state index in [4.69, 9.17) is 5.11 Å². The van der Waals surface area contributed by atoms with Gasteiger partial charge >= 0.3 is 0 Å². The third-order valence-electron chi connectivity index (χ3n) is 3.22. The van der Waals surface area contributed by atoms with E-state index in [1.54, 1.807) is 0 Å². The summed E-state index contributed by atoms with van der Waals surface area (Å²) in [6.07, 6.45) is 0. The van der Waals surface area contributed by atoms with Crippen LogP contribution < -0.4 is 5.32 Å². The summed E-state index contributed by atoms with van der Waals surface area (Å²) in [4.78, 5) is 0. The van der Waals surface area contributed by atoms with Gasteiger partial charge < -0.3 is 10.4 Å². The van der Waals surface area contributed by atoms with Crippen LogP contribution in [-0.2, 0) is 13.2 Å². The Hall–Kier alpha value is -1.78. The highest BCUT2D eigenvalue weighted by Crippen LogP contribution is 2.18. The van der Waals surface area contributed by atoms with Gasteiger partial charge in [-0.05, 0) is 24.1 Å². The first-order valence-corrected chi connectivity index (χ1v) is 6.47. The predicted molar refractivity (Wildman–Crippen MR) is 74.0 cm³/mol. The van der Waals surface area contributed by atoms with Gasteiger partial charge in [-0.1, -0.05) is 30.3 Å². The van der Waals surface area contributed by atoms with Crippen molar-refractivity contribution < 1.29 is 13.9 Å². The molecule has 0 aromatic heterocycles. The second-order valence-electron chi connectivity index (χ2n) is 4.75. The summed E-state index contributed by atoms with van der Waals surface area (Å²) in [7, 11) is 0. The summed E-state index contributed by atoms with van der Waals surface area (Å²) in [5.74, 6) is -1.12. The summed E-state index contributed by atoms with van der Waals surface area (Å²) < 4.78 is 26.5. The molecule has 2 N–H and O–H groups in total. The van der Waals surface area contributed by atoms with Gasteiger partial charge in [0.15, 0.2) is 0 Å². The van der Waals surface area contributed by atoms with Crippen molar-refractivity contribution in [1.82, 2.24) is 5.32 Å². The van der Waals surface area contributed by atoms with E-state index in [-0.39, 0.29) is 12.6 Å². The lowest BCUT2D eigenvalue weighted by Crippen LogP contribution is -2.19. The van der Waals surface area contributed by atoms with E-state index in [2.05, 4.69) is 5.32 Å². The molecule has 2 rings (SSSR count). The molecule has 1 unspecified atom stereocenters. The molecule has 1 atom stereocenters. The molecule has 0 aliphatic heterocycles. The van der Waals surface area contributed by atoms with Crippen molar-refractivity contribution >= 4 is 0 Å². The van der Waals surface area contributed by atoms with E-state index in [1.807, 2.05) is 31.2 Å². The first-order valence-electron chi connectivity index (χ1n) is 6.47. The smallest absolute Gasteiger partial charge is 0.130 e. The number of rotatable bonds is 5. The van der Waals surface area contributed by atoms with Crippen molar-refractivity contribution in [3.8, 4) is 0 Å². The molecule has 2 aromatic carbocycles. The number of benzene rings is 2. The second kappa shape index (κ2) is 6.59. The van der Waals surface area contributed by atoms with E-state index < -0.39 is 11.6 Å². The molecule has 0 spiro atoms. The molecule has 2 nitrogen and oxygen atoms in total. The molecule has 2 aromatic rings. The average Bonchev–Trinajstić information content (AvgIpc) is 2.45. The zero-order valence-electron chi connectivity index (χ0n) is 11.2. The van der Waals surface area contributed by atoms with Crippen molar-refractivity contribution in [2.24, 2.45) is 0 Å². The molecule has 0 amide bonds. The van der Waals surface area contributed by atoms with E-state index in [0.29, 0.717) is 12.1 Å². The molecule has 0 radical (unpaired) electrons. The summed E-state index contributed by atoms with van der Waals surface area (Å²) >= 11 is 0. The van der Waals surface area contributed by atoms with Crippen molar-refractivity contribution in [1.29, 1.82) is 0 Å². The number of aliphatic hydroxyl groups excluding tert-OH is 1. The number of hydrogen-bond acceptors (Lipinski definition) is 2. The van der Waals surface area contributed by atoms with Crippen LogP contribution >= 0.6 is 0 Å². The van der Waals surface area contributed by atoms with Crippen LogP contribution in [0.1, 0.15) is 29.7 Å². The minimum absolute atomic E-state index is 0.00398. The van der Waals surface area contributed by atoms with Crippen LogP contribution in [0.2, 0.25) is 0 Å². The Morgan fingerprint density at radius 1 is 1.10 bits per heavy atom. The quantitative estimate of drug-likeness (QED) is 0.879. The molecule has 0 saturated carbocycles. The largest absolute Gasteiger partial charge is 0.392 e. The van der Waals surface area contributed by atoms with Gasteiger partial charge in [-0.3, -0.25) is 0 Å². The van der Waals surface area contributed by atoms with Crippen molar-refractivity contribution in [3.05, 3.63) is 70.8 Å². The van der Waals surface area contributed by atoms with Crippen LogP contribution in [0.25, 0.3) is 0 Å². The van der Waals surface area contributed by atoms with Crippen molar-refractivity contribution in [2.75, 3.05) is 0 Å². The Morgan fingerprint density at radius 2 is 1.85 bits per heavy atom. The zero-order chi connectivity index (χ0) is 14.5. The standard InChI is InChI=1S/C16H17F2NO/c1-11(15-6-5-14(17)8-16(15)18)19-9-12-3-2-4-13(7-12)10-20/h2-8,11,19-20H,9-10H2,1H3. The summed E-state index contributed by atoms with van der Waals surface area (Å²) in [6.45, 7) is 2.37. The molecule has 0 aliphatic rings. The lowest BCUT2D eigenvalue weighted by molar-refractivity contribution is 0.281. The topological polar surface area (TPSA) is 32.3 Å². The summed E-state index contributed by atoms with van der Waals surface area (Å²) in [6, 6.07) is 10.9. The van der Waals surface area contributed by atoms with E-state index in [1.165, 1.54) is 12.1 Å². The monoisotopic (exact) mass is 277 g/mol. The van der Waals surface area contributed by atoms with Gasteiger partial charge in [0.05, 0.1) is 6.61 Å². The van der Waals surface area contributed by atoms with Gasteiger partial charge in [-0.2, -0.15) is 0 Å². The van der Waals surface area contributed by atoms with Crippen LogP contribution in [0, 0.1) is 11.6 Å². The average molecular weight is 277 g/mol. The third-order valence-corrected chi connectivity index (χ3v) is 3.22. The van der Waals surface area contributed by atoms with Crippen molar-refractivity contribution in [3.63, 3.8) is 0 Å². The predicted octanol–water partition coefficient (Wildman–Crippen LogP) is 3.31. The minimum atomic E-state index is -0.575. The number of halogens is 2. The lowest BCUT2D eigenvalue weighted by Gasteiger charge is -2.15. The third kappa shape index (κ3) is 3.62. The molecule has 0 aliphatic carbocycles. The fourth-order valence-corrected chi connectivity index (χ4v) is 2.07. The summed E-state index contributed by atoms with van der Waals surface area (Å²) in [5, 5.41) is 12.3. The van der Waals surface area contributed by atoms with E-state index >= 15 is 0 Å². The molecule has 106 valence electrons. The number of hydrogen-bond donors (Lipinski definition) is 2. The van der Waals surface area contributed by atoms with E-state index in [9.17, 15) is 8.78 Å². The first-order chi connectivity index (χ1) is 9.60. The van der Waals surface area contributed by atoms with Gasteiger partial charge in [-0.25, -0.2) is 8.78 Å². The molecular weight excluding hydrogens is 260 g/mol. The highest BCUT2D eigenvalue weighted by molar-refractivity contribution is 5.24. The van der Waals surface area contributed by atoms with Crippen LogP contribution in [0.15, 0.2) is 42.5 Å². The van der Waals surface area contributed by atoms with Crippen molar-refractivity contribution in [2.45, 2.75) is 26.1 Å². The van der Waals surface area contributed by atoms with Crippen LogP contribution in [0.5, 0.6) is 0 Å². The van der Waals surface area contributed by atoms with Gasteiger partial charge in [0, 0.05) is 24.2 Å². The Morgan fingerprint density at radius 3 is 2.55 bits per heavy atom. The maximum absolute atomic E-state index is 13.6. The second-order valence-corrected chi connectivity index (χ2v) is 4.75. The SMILES string of the molecule is CC(NCc1cccc(CO)c1)c1ccc(F)cc1F. The fourth-order valence-electron chi connectivity index (χ4n) is 2.07. The Balaban J connectivity index is 2.02. The Labute approximate surface area is 117 Å². The number of nitrogens with one attached hydrogen (secondary N) is 1. The Kier molecular flexibility index (Phi) is 4.82. The maximum atomic E-state index is 13.6. The molecule has 4 heteroatoms. The molecule has 0 fully saturated rings. The van der Waals surface area contributed by atoms with E-state index in [0.717, 1.165) is 17.2 Å². The number of aliphatic hydroxyl groups is 1. The first kappa shape index (κ1) is 14.6. The van der Waals surface area contributed by atoms with Crippen LogP contribution in [-0.4, -0.2) is 5.11 Å². The van der Waals surface area contributed by atoms with Gasteiger partial charge in [0.1, 0.15) is 11.6 Å². The molecule has 0 heterocycles. The maximum Gasteiger partial charge on any atom is 0.130 e. The molecule has 0 bridgehead atoms. The minimum Gasteiger partial charge on any atom is -0.392 e. The lowest BCUT2D eigenvalue weighted by atomic mass is 10.1. The fraction of sp³-hybridized carbons (Fsp3) is 0.250. The zero-order valence-corrected chi connectivity index (χ0v) is 11.2. The summed E-state index contributed by atoms with van der Waals surface area (Å²) in [5.41, 5.74) is 2.28. The van der Waals surface area contributed by atoms with Crippen LogP contribution in [0.4, 0.5) is 8.78 Å².